The number of hydrogen-bond acceptors (Lipinski definition) is 2. The average molecular weight is 275 g/mol. The number of hydrogen-bond donors (Lipinski definition) is 0. The van der Waals surface area contributed by atoms with Crippen molar-refractivity contribution < 1.29 is 8.42 Å². The first-order chi connectivity index (χ1) is 7.86. The van der Waals surface area contributed by atoms with Crippen LogP contribution in [0.2, 0.25) is 0 Å². The van der Waals surface area contributed by atoms with Gasteiger partial charge in [-0.3, -0.25) is 0 Å². The Hall–Kier alpha value is -0.0900. The highest BCUT2D eigenvalue weighted by atomic mass is 32.2. The van der Waals surface area contributed by atoms with Gasteiger partial charge >= 0.3 is 0 Å². The smallest absolute Gasteiger partial charge is 0.212 e. The second-order valence-corrected chi connectivity index (χ2v) is 10.4. The molecule has 0 radical (unpaired) electrons. The zero-order valence-electron chi connectivity index (χ0n) is 12.9. The summed E-state index contributed by atoms with van der Waals surface area (Å²) in [5.41, 5.74) is 0.153. The Bertz CT molecular complexity index is 383. The van der Waals surface area contributed by atoms with Gasteiger partial charge in [-0.2, -0.15) is 4.31 Å². The zero-order valence-corrected chi connectivity index (χ0v) is 13.8. The summed E-state index contributed by atoms with van der Waals surface area (Å²) in [6.45, 7) is 13.9. The molecule has 1 saturated carbocycles. The van der Waals surface area contributed by atoms with Gasteiger partial charge in [0, 0.05) is 12.1 Å². The second-order valence-electron chi connectivity index (χ2n) is 7.79. The van der Waals surface area contributed by atoms with Gasteiger partial charge in [0.25, 0.3) is 0 Å². The van der Waals surface area contributed by atoms with Crippen molar-refractivity contribution in [3.8, 4) is 0 Å². The molecule has 0 amide bonds. The van der Waals surface area contributed by atoms with E-state index in [-0.39, 0.29) is 17.5 Å². The first-order valence-electron chi connectivity index (χ1n) is 6.89. The van der Waals surface area contributed by atoms with Crippen molar-refractivity contribution in [3.63, 3.8) is 0 Å². The third kappa shape index (κ3) is 3.70. The molecular weight excluding hydrogens is 246 g/mol. The lowest BCUT2D eigenvalue weighted by atomic mass is 9.89. The van der Waals surface area contributed by atoms with Gasteiger partial charge in [0.15, 0.2) is 0 Å². The fourth-order valence-electron chi connectivity index (χ4n) is 2.41. The molecule has 0 unspecified atom stereocenters. The summed E-state index contributed by atoms with van der Waals surface area (Å²) in [5.74, 6) is 0. The van der Waals surface area contributed by atoms with Crippen molar-refractivity contribution in [1.29, 1.82) is 0 Å². The predicted octanol–water partition coefficient (Wildman–Crippen LogP) is 3.40. The van der Waals surface area contributed by atoms with Crippen LogP contribution >= 0.6 is 0 Å². The predicted molar refractivity (Wildman–Crippen MR) is 77.1 cm³/mol. The van der Waals surface area contributed by atoms with Crippen LogP contribution in [0, 0.1) is 5.41 Å². The molecule has 1 rings (SSSR count). The van der Waals surface area contributed by atoms with Crippen LogP contribution in [0.3, 0.4) is 0 Å². The van der Waals surface area contributed by atoms with Gasteiger partial charge in [-0.05, 0) is 52.4 Å². The average Bonchev–Trinajstić information content (AvgIpc) is 2.81. The van der Waals surface area contributed by atoms with Crippen LogP contribution in [0.25, 0.3) is 0 Å². The van der Waals surface area contributed by atoms with Crippen LogP contribution in [-0.4, -0.2) is 29.6 Å². The molecule has 4 heteroatoms. The zero-order chi connectivity index (χ0) is 14.4. The molecule has 0 heterocycles. The minimum absolute atomic E-state index is 0.0849. The first kappa shape index (κ1) is 16.0. The molecule has 0 aliphatic heterocycles. The van der Waals surface area contributed by atoms with E-state index >= 15 is 0 Å². The van der Waals surface area contributed by atoms with E-state index in [0.29, 0.717) is 0 Å². The molecule has 0 saturated heterocycles. The SMILES string of the molecule is C[C@H](CC(C)(C)C)N(C1CC1)S(=O)(=O)C(C)(C)C. The molecule has 0 aromatic heterocycles. The molecule has 3 nitrogen and oxygen atoms in total. The second kappa shape index (κ2) is 4.78. The van der Waals surface area contributed by atoms with Gasteiger partial charge in [-0.15, -0.1) is 0 Å². The van der Waals surface area contributed by atoms with Crippen molar-refractivity contribution in [3.05, 3.63) is 0 Å². The Labute approximate surface area is 113 Å². The van der Waals surface area contributed by atoms with Gasteiger partial charge in [-0.1, -0.05) is 20.8 Å². The molecule has 0 N–H and O–H groups in total. The summed E-state index contributed by atoms with van der Waals surface area (Å²) < 4.78 is 26.5. The topological polar surface area (TPSA) is 37.4 Å². The van der Waals surface area contributed by atoms with Gasteiger partial charge in [0.2, 0.25) is 10.0 Å². The number of nitrogens with zero attached hydrogens (tertiary/aromatic N) is 1. The Morgan fingerprint density at radius 1 is 1.11 bits per heavy atom. The summed E-state index contributed by atoms with van der Waals surface area (Å²) in [7, 11) is -3.21. The highest BCUT2D eigenvalue weighted by Crippen LogP contribution is 2.38. The van der Waals surface area contributed by atoms with Crippen LogP contribution in [0.5, 0.6) is 0 Å². The highest BCUT2D eigenvalue weighted by molar-refractivity contribution is 7.90. The molecule has 108 valence electrons. The van der Waals surface area contributed by atoms with Crippen molar-refractivity contribution >= 4 is 10.0 Å². The van der Waals surface area contributed by atoms with E-state index in [1.165, 1.54) is 0 Å². The highest BCUT2D eigenvalue weighted by Gasteiger charge is 2.46. The Morgan fingerprint density at radius 2 is 1.56 bits per heavy atom. The third-order valence-electron chi connectivity index (χ3n) is 3.30. The van der Waals surface area contributed by atoms with Gasteiger partial charge in [0.05, 0.1) is 4.75 Å². The van der Waals surface area contributed by atoms with E-state index in [4.69, 9.17) is 0 Å². The van der Waals surface area contributed by atoms with Crippen molar-refractivity contribution in [2.24, 2.45) is 5.41 Å². The van der Waals surface area contributed by atoms with E-state index in [0.717, 1.165) is 19.3 Å². The number of rotatable bonds is 4. The molecular formula is C14H29NO2S. The summed E-state index contributed by atoms with van der Waals surface area (Å²) in [5, 5.41) is 0. The van der Waals surface area contributed by atoms with Crippen molar-refractivity contribution in [1.82, 2.24) is 4.31 Å². The molecule has 0 spiro atoms. The molecule has 1 aliphatic rings. The van der Waals surface area contributed by atoms with E-state index in [1.807, 2.05) is 6.92 Å². The summed E-state index contributed by atoms with van der Waals surface area (Å²) >= 11 is 0. The Morgan fingerprint density at radius 3 is 1.83 bits per heavy atom. The number of sulfonamides is 1. The van der Waals surface area contributed by atoms with Crippen LogP contribution in [0.15, 0.2) is 0 Å². The van der Waals surface area contributed by atoms with Crippen LogP contribution in [0.1, 0.15) is 67.7 Å². The van der Waals surface area contributed by atoms with E-state index in [2.05, 4.69) is 20.8 Å². The van der Waals surface area contributed by atoms with Crippen molar-refractivity contribution in [2.45, 2.75) is 84.6 Å². The summed E-state index contributed by atoms with van der Waals surface area (Å²) in [6, 6.07) is 0.327. The third-order valence-corrected chi connectivity index (χ3v) is 6.06. The molecule has 1 aliphatic carbocycles. The Kier molecular flexibility index (Phi) is 4.24. The van der Waals surface area contributed by atoms with Crippen molar-refractivity contribution in [2.75, 3.05) is 0 Å². The largest absolute Gasteiger partial charge is 0.219 e. The lowest BCUT2D eigenvalue weighted by Crippen LogP contribution is -2.49. The lowest BCUT2D eigenvalue weighted by molar-refractivity contribution is 0.235. The standard InChI is InChI=1S/C14H29NO2S/c1-11(10-13(2,3)4)15(12-8-9-12)18(16,17)14(5,6)7/h11-12H,8-10H2,1-7H3/t11-/m1/s1. The van der Waals surface area contributed by atoms with Crippen LogP contribution < -0.4 is 0 Å². The quantitative estimate of drug-likeness (QED) is 0.788. The van der Waals surface area contributed by atoms with E-state index < -0.39 is 14.8 Å². The molecule has 1 atom stereocenters. The lowest BCUT2D eigenvalue weighted by Gasteiger charge is -2.37. The van der Waals surface area contributed by atoms with Crippen LogP contribution in [0.4, 0.5) is 0 Å². The Balaban J connectivity index is 2.98. The van der Waals surface area contributed by atoms with Gasteiger partial charge in [-0.25, -0.2) is 8.42 Å². The monoisotopic (exact) mass is 275 g/mol. The maximum atomic E-state index is 12.7. The normalized spacial score (nSPS) is 20.2. The van der Waals surface area contributed by atoms with Crippen LogP contribution in [-0.2, 0) is 10.0 Å². The molecule has 0 aromatic carbocycles. The van der Waals surface area contributed by atoms with E-state index in [1.54, 1.807) is 25.1 Å². The minimum atomic E-state index is -3.21. The van der Waals surface area contributed by atoms with Gasteiger partial charge < -0.3 is 0 Å². The van der Waals surface area contributed by atoms with Gasteiger partial charge in [0.1, 0.15) is 0 Å². The molecule has 1 fully saturated rings. The minimum Gasteiger partial charge on any atom is -0.212 e. The molecule has 18 heavy (non-hydrogen) atoms. The maximum absolute atomic E-state index is 12.7. The first-order valence-corrected chi connectivity index (χ1v) is 8.33. The summed E-state index contributed by atoms with van der Waals surface area (Å²) in [6.07, 6.45) is 2.94. The fourth-order valence-corrected chi connectivity index (χ4v) is 4.20. The molecule has 0 bridgehead atoms. The fraction of sp³-hybridized carbons (Fsp3) is 1.00. The van der Waals surface area contributed by atoms with E-state index in [9.17, 15) is 8.42 Å². The molecule has 0 aromatic rings. The summed E-state index contributed by atoms with van der Waals surface area (Å²) in [4.78, 5) is 0. The maximum Gasteiger partial charge on any atom is 0.219 e.